The van der Waals surface area contributed by atoms with E-state index in [1.807, 2.05) is 13.0 Å². The molecule has 1 saturated heterocycles. The Kier molecular flexibility index (Phi) is 4.77. The lowest BCUT2D eigenvalue weighted by atomic mass is 10.1. The number of nitrogens with zero attached hydrogens (tertiary/aromatic N) is 4. The van der Waals surface area contributed by atoms with Crippen LogP contribution in [0.4, 0.5) is 5.95 Å². The van der Waals surface area contributed by atoms with Crippen molar-refractivity contribution in [1.29, 1.82) is 0 Å². The van der Waals surface area contributed by atoms with Crippen molar-refractivity contribution in [1.82, 2.24) is 20.2 Å². The molecule has 3 amide bonds. The van der Waals surface area contributed by atoms with E-state index in [1.54, 1.807) is 24.3 Å². The van der Waals surface area contributed by atoms with Crippen molar-refractivity contribution in [3.63, 3.8) is 0 Å². The van der Waals surface area contributed by atoms with Gasteiger partial charge in [-0.05, 0) is 38.0 Å². The summed E-state index contributed by atoms with van der Waals surface area (Å²) in [5, 5.41) is 2.74. The Hall–Kier alpha value is -3.29. The summed E-state index contributed by atoms with van der Waals surface area (Å²) in [7, 11) is 0. The number of anilines is 1. The quantitative estimate of drug-likeness (QED) is 0.787. The van der Waals surface area contributed by atoms with Crippen LogP contribution in [0.15, 0.2) is 30.3 Å². The Morgan fingerprint density at radius 3 is 2.36 bits per heavy atom. The molecule has 0 aliphatic carbocycles. The number of hydrogen-bond acceptors (Lipinski definition) is 6. The van der Waals surface area contributed by atoms with Crippen molar-refractivity contribution in [3.8, 4) is 0 Å². The molecule has 0 unspecified atom stereocenters. The molecular weight excluding hydrogens is 358 g/mol. The van der Waals surface area contributed by atoms with Crippen LogP contribution >= 0.6 is 0 Å². The molecule has 0 bridgehead atoms. The lowest BCUT2D eigenvalue weighted by Crippen LogP contribution is -2.40. The number of imide groups is 1. The van der Waals surface area contributed by atoms with Gasteiger partial charge in [0.2, 0.25) is 11.9 Å². The molecule has 2 aliphatic rings. The van der Waals surface area contributed by atoms with E-state index in [0.29, 0.717) is 22.8 Å². The molecule has 1 aromatic carbocycles. The van der Waals surface area contributed by atoms with Gasteiger partial charge >= 0.3 is 0 Å². The molecular formula is C20H21N5O3. The standard InChI is InChI=1S/C20H21N5O3/c1-13-10-14(23-20(22-13)24-8-4-5-9-24)11-21-17(26)12-25-18(27)15-6-2-3-7-16(15)19(25)28/h2-3,6-7,10H,4-5,8-9,11-12H2,1H3,(H,21,26). The summed E-state index contributed by atoms with van der Waals surface area (Å²) in [4.78, 5) is 49.2. The molecule has 3 heterocycles. The van der Waals surface area contributed by atoms with Gasteiger partial charge in [-0.2, -0.15) is 0 Å². The number of aromatic nitrogens is 2. The van der Waals surface area contributed by atoms with Gasteiger partial charge in [-0.1, -0.05) is 12.1 Å². The molecule has 0 saturated carbocycles. The van der Waals surface area contributed by atoms with Gasteiger partial charge in [0, 0.05) is 18.8 Å². The Morgan fingerprint density at radius 1 is 1.07 bits per heavy atom. The molecule has 0 radical (unpaired) electrons. The number of fused-ring (bicyclic) bond motifs is 1. The molecule has 1 aromatic heterocycles. The van der Waals surface area contributed by atoms with Crippen LogP contribution in [0.1, 0.15) is 44.9 Å². The number of carbonyl (C=O) groups excluding carboxylic acids is 3. The number of hydrogen-bond donors (Lipinski definition) is 1. The third kappa shape index (κ3) is 3.45. The molecule has 144 valence electrons. The average molecular weight is 379 g/mol. The van der Waals surface area contributed by atoms with E-state index in [1.165, 1.54) is 0 Å². The molecule has 28 heavy (non-hydrogen) atoms. The summed E-state index contributed by atoms with van der Waals surface area (Å²) in [5.41, 5.74) is 2.20. The number of nitrogens with one attached hydrogen (secondary N) is 1. The zero-order valence-corrected chi connectivity index (χ0v) is 15.6. The van der Waals surface area contributed by atoms with Crippen LogP contribution in [0.25, 0.3) is 0 Å². The fourth-order valence-electron chi connectivity index (χ4n) is 3.54. The molecule has 8 nitrogen and oxygen atoms in total. The minimum atomic E-state index is -0.440. The van der Waals surface area contributed by atoms with Crippen molar-refractivity contribution in [2.45, 2.75) is 26.3 Å². The molecule has 4 rings (SSSR count). The van der Waals surface area contributed by atoms with Crippen molar-refractivity contribution < 1.29 is 14.4 Å². The van der Waals surface area contributed by atoms with Gasteiger partial charge < -0.3 is 10.2 Å². The predicted molar refractivity (Wildman–Crippen MR) is 102 cm³/mol. The maximum absolute atomic E-state index is 12.4. The van der Waals surface area contributed by atoms with Gasteiger partial charge in [-0.25, -0.2) is 9.97 Å². The van der Waals surface area contributed by atoms with Crippen molar-refractivity contribution >= 4 is 23.7 Å². The Balaban J connectivity index is 1.39. The van der Waals surface area contributed by atoms with Crippen LogP contribution < -0.4 is 10.2 Å². The van der Waals surface area contributed by atoms with Gasteiger partial charge in [0.15, 0.2) is 0 Å². The summed E-state index contributed by atoms with van der Waals surface area (Å²) < 4.78 is 0. The van der Waals surface area contributed by atoms with Crippen LogP contribution in [0.3, 0.4) is 0 Å². The number of benzene rings is 1. The highest BCUT2D eigenvalue weighted by Gasteiger charge is 2.36. The zero-order chi connectivity index (χ0) is 19.7. The normalized spacial score (nSPS) is 15.9. The Morgan fingerprint density at radius 2 is 1.71 bits per heavy atom. The minimum Gasteiger partial charge on any atom is -0.349 e. The number of carbonyl (C=O) groups is 3. The Bertz CT molecular complexity index is 918. The van der Waals surface area contributed by atoms with Crippen molar-refractivity contribution in [2.24, 2.45) is 0 Å². The fraction of sp³-hybridized carbons (Fsp3) is 0.350. The fourth-order valence-corrected chi connectivity index (χ4v) is 3.54. The van der Waals surface area contributed by atoms with Gasteiger partial charge in [0.05, 0.1) is 23.4 Å². The van der Waals surface area contributed by atoms with Crippen LogP contribution in [-0.2, 0) is 11.3 Å². The van der Waals surface area contributed by atoms with Gasteiger partial charge in [0.25, 0.3) is 11.8 Å². The van der Waals surface area contributed by atoms with Crippen molar-refractivity contribution in [3.05, 3.63) is 52.8 Å². The summed E-state index contributed by atoms with van der Waals surface area (Å²) >= 11 is 0. The third-order valence-electron chi connectivity index (χ3n) is 4.93. The van der Waals surface area contributed by atoms with Gasteiger partial charge in [-0.3, -0.25) is 19.3 Å². The first kappa shape index (κ1) is 18.1. The van der Waals surface area contributed by atoms with Crippen molar-refractivity contribution in [2.75, 3.05) is 24.5 Å². The molecule has 8 heteroatoms. The smallest absolute Gasteiger partial charge is 0.262 e. The molecule has 2 aromatic rings. The maximum atomic E-state index is 12.4. The number of rotatable bonds is 5. The largest absolute Gasteiger partial charge is 0.349 e. The highest BCUT2D eigenvalue weighted by atomic mass is 16.2. The average Bonchev–Trinajstić information content (AvgIpc) is 3.30. The highest BCUT2D eigenvalue weighted by molar-refractivity contribution is 6.22. The Labute approximate surface area is 162 Å². The minimum absolute atomic E-state index is 0.214. The molecule has 2 aliphatic heterocycles. The first-order valence-corrected chi connectivity index (χ1v) is 9.34. The number of aryl methyl sites for hydroxylation is 1. The summed E-state index contributed by atoms with van der Waals surface area (Å²) in [6, 6.07) is 8.40. The summed E-state index contributed by atoms with van der Waals surface area (Å²) in [6.45, 7) is 3.68. The molecule has 0 atom stereocenters. The van der Waals surface area contributed by atoms with Gasteiger partial charge in [-0.15, -0.1) is 0 Å². The highest BCUT2D eigenvalue weighted by Crippen LogP contribution is 2.22. The molecule has 1 N–H and O–H groups in total. The van der Waals surface area contributed by atoms with E-state index in [-0.39, 0.29) is 13.1 Å². The summed E-state index contributed by atoms with van der Waals surface area (Å²) in [5.74, 6) is -0.606. The van der Waals surface area contributed by atoms with E-state index in [9.17, 15) is 14.4 Å². The van der Waals surface area contributed by atoms with Gasteiger partial charge in [0.1, 0.15) is 6.54 Å². The second kappa shape index (κ2) is 7.38. The second-order valence-electron chi connectivity index (χ2n) is 7.01. The van der Waals surface area contributed by atoms with E-state index < -0.39 is 17.7 Å². The first-order valence-electron chi connectivity index (χ1n) is 9.34. The van der Waals surface area contributed by atoms with Crippen LogP contribution in [0, 0.1) is 6.92 Å². The monoisotopic (exact) mass is 379 g/mol. The zero-order valence-electron chi connectivity index (χ0n) is 15.6. The van der Waals surface area contributed by atoms with E-state index in [4.69, 9.17) is 0 Å². The second-order valence-corrected chi connectivity index (χ2v) is 7.01. The predicted octanol–water partition coefficient (Wildman–Crippen LogP) is 1.30. The topological polar surface area (TPSA) is 95.5 Å². The number of amides is 3. The lowest BCUT2D eigenvalue weighted by Gasteiger charge is -2.17. The first-order chi connectivity index (χ1) is 13.5. The van der Waals surface area contributed by atoms with E-state index >= 15 is 0 Å². The SMILES string of the molecule is Cc1cc(CNC(=O)CN2C(=O)c3ccccc3C2=O)nc(N2CCCC2)n1. The van der Waals surface area contributed by atoms with E-state index in [2.05, 4.69) is 20.2 Å². The maximum Gasteiger partial charge on any atom is 0.262 e. The molecule has 1 fully saturated rings. The third-order valence-corrected chi connectivity index (χ3v) is 4.93. The van der Waals surface area contributed by atoms with E-state index in [0.717, 1.165) is 36.5 Å². The van der Waals surface area contributed by atoms with Crippen LogP contribution in [0.2, 0.25) is 0 Å². The summed E-state index contributed by atoms with van der Waals surface area (Å²) in [6.07, 6.45) is 2.26. The van der Waals surface area contributed by atoms with Crippen LogP contribution in [-0.4, -0.2) is 52.2 Å². The molecule has 0 spiro atoms. The van der Waals surface area contributed by atoms with Crippen LogP contribution in [0.5, 0.6) is 0 Å². The lowest BCUT2D eigenvalue weighted by molar-refractivity contribution is -0.121.